The first-order chi connectivity index (χ1) is 48.3. The van der Waals surface area contributed by atoms with Crippen LogP contribution in [-0.4, -0.2) is 236 Å². The Bertz CT molecular complexity index is 2810. The van der Waals surface area contributed by atoms with Gasteiger partial charge in [0.1, 0.15) is 66.5 Å². The number of hydrogen-bond acceptors (Lipinski definition) is 21. The summed E-state index contributed by atoms with van der Waals surface area (Å²) >= 11 is 0. The normalized spacial score (nSPS) is 15.7. The van der Waals surface area contributed by atoms with Crippen molar-refractivity contribution in [2.75, 3.05) is 58.9 Å². The molecule has 0 bridgehead atoms. The Balaban J connectivity index is 3.82. The molecular formula is C60H118N30O12. The van der Waals surface area contributed by atoms with E-state index in [1.165, 1.54) is 18.7 Å². The summed E-state index contributed by atoms with van der Waals surface area (Å²) in [6.07, 6.45) is 1.79. The molecule has 102 heavy (non-hydrogen) atoms. The zero-order valence-corrected chi connectivity index (χ0v) is 58.9. The minimum atomic E-state index is -1.52. The number of primary amides is 1. The van der Waals surface area contributed by atoms with Gasteiger partial charge < -0.3 is 144 Å². The van der Waals surface area contributed by atoms with E-state index in [-0.39, 0.29) is 178 Å². The van der Waals surface area contributed by atoms with E-state index in [1.54, 1.807) is 0 Å². The summed E-state index contributed by atoms with van der Waals surface area (Å²) < 4.78 is 0. The van der Waals surface area contributed by atoms with Crippen molar-refractivity contribution in [2.45, 2.75) is 221 Å². The molecule has 0 aromatic heterocycles. The third-order valence-electron chi connectivity index (χ3n) is 16.1. The maximum atomic E-state index is 14.8. The Kier molecular flexibility index (Phi) is 44.8. The first kappa shape index (κ1) is 90.3. The fourth-order valence-corrected chi connectivity index (χ4v) is 10.4. The first-order valence-corrected chi connectivity index (χ1v) is 34.4. The highest BCUT2D eigenvalue weighted by Gasteiger charge is 2.40. The summed E-state index contributed by atoms with van der Waals surface area (Å²) in [6, 6.07) is -14.8. The van der Waals surface area contributed by atoms with Gasteiger partial charge in [-0.25, -0.2) is 0 Å². The van der Waals surface area contributed by atoms with Crippen molar-refractivity contribution in [1.82, 2.24) is 52.8 Å². The van der Waals surface area contributed by atoms with Crippen LogP contribution in [0.4, 0.5) is 0 Å². The van der Waals surface area contributed by atoms with E-state index in [2.05, 4.69) is 72.8 Å². The second-order valence-electron chi connectivity index (χ2n) is 24.7. The number of aliphatic imine (C=N–C) groups is 5. The molecule has 12 atom stereocenters. The highest BCUT2D eigenvalue weighted by atomic mass is 16.3. The van der Waals surface area contributed by atoms with Gasteiger partial charge in [-0.3, -0.25) is 77.7 Å². The second-order valence-corrected chi connectivity index (χ2v) is 24.7. The predicted molar refractivity (Wildman–Crippen MR) is 385 cm³/mol. The molecule has 1 saturated heterocycles. The number of nitrogens with zero attached hydrogens (tertiary/aromatic N) is 6. The van der Waals surface area contributed by atoms with Crippen molar-refractivity contribution in [1.29, 1.82) is 0 Å². The molecule has 42 heteroatoms. The van der Waals surface area contributed by atoms with E-state index in [9.17, 15) is 57.8 Å². The van der Waals surface area contributed by atoms with Gasteiger partial charge in [-0.2, -0.15) is 0 Å². The minimum Gasteiger partial charge on any atom is -0.391 e. The van der Waals surface area contributed by atoms with Gasteiger partial charge in [0.25, 0.3) is 0 Å². The lowest BCUT2D eigenvalue weighted by atomic mass is 10.0. The molecule has 1 aliphatic rings. The molecule has 0 saturated carbocycles. The summed E-state index contributed by atoms with van der Waals surface area (Å²) in [7, 11) is 0. The maximum absolute atomic E-state index is 14.8. The molecule has 0 spiro atoms. The molecule has 0 aliphatic carbocycles. The Labute approximate surface area is 594 Å². The first-order valence-electron chi connectivity index (χ1n) is 34.4. The van der Waals surface area contributed by atoms with Crippen molar-refractivity contribution in [3.05, 3.63) is 0 Å². The van der Waals surface area contributed by atoms with Gasteiger partial charge in [-0.05, 0) is 168 Å². The highest BCUT2D eigenvalue weighted by Crippen LogP contribution is 2.20. The van der Waals surface area contributed by atoms with Crippen LogP contribution in [0.5, 0.6) is 0 Å². The molecule has 0 aromatic rings. The average molecular weight is 1450 g/mol. The molecule has 0 radical (unpaired) electrons. The van der Waals surface area contributed by atoms with E-state index >= 15 is 0 Å². The fraction of sp³-hybridized carbons (Fsp3) is 0.733. The largest absolute Gasteiger partial charge is 0.391 e. The summed E-state index contributed by atoms with van der Waals surface area (Å²) in [5, 5.41) is 33.9. The van der Waals surface area contributed by atoms with Crippen LogP contribution in [0, 0.1) is 0 Å². The molecule has 11 amide bonds. The van der Waals surface area contributed by atoms with Gasteiger partial charge in [-0.15, -0.1) is 0 Å². The maximum Gasteiger partial charge on any atom is 0.243 e. The van der Waals surface area contributed by atoms with Gasteiger partial charge in [0.05, 0.1) is 6.10 Å². The monoisotopic (exact) mass is 1450 g/mol. The summed E-state index contributed by atoms with van der Waals surface area (Å²) in [5.74, 6) is -10.5. The molecule has 1 heterocycles. The lowest BCUT2D eigenvalue weighted by molar-refractivity contribution is -0.142. The number of nitrogens with two attached hydrogens (primary N) is 15. The number of hydrogen-bond donors (Lipinski definition) is 25. The highest BCUT2D eigenvalue weighted by molar-refractivity contribution is 5.99. The number of aliphatic hydroxyl groups is 1. The van der Waals surface area contributed by atoms with Gasteiger partial charge in [0, 0.05) is 39.3 Å². The average Bonchev–Trinajstić information content (AvgIpc) is 1.66. The van der Waals surface area contributed by atoms with Gasteiger partial charge in [-0.1, -0.05) is 0 Å². The molecular weight excluding hydrogens is 1330 g/mol. The summed E-state index contributed by atoms with van der Waals surface area (Å²) in [5.41, 5.74) is 84.5. The lowest BCUT2D eigenvalue weighted by Crippen LogP contribution is -2.60. The fourth-order valence-electron chi connectivity index (χ4n) is 10.4. The molecule has 1 aliphatic heterocycles. The summed E-state index contributed by atoms with van der Waals surface area (Å²) in [6.45, 7) is 3.52. The van der Waals surface area contributed by atoms with Crippen molar-refractivity contribution in [2.24, 2.45) is 111 Å². The number of unbranched alkanes of at least 4 members (excludes halogenated alkanes) is 3. The van der Waals surface area contributed by atoms with Crippen LogP contribution in [0.3, 0.4) is 0 Å². The summed E-state index contributed by atoms with van der Waals surface area (Å²) in [4.78, 5) is 176. The number of carbonyl (C=O) groups excluding carboxylic acids is 11. The molecule has 40 N–H and O–H groups in total. The Morgan fingerprint density at radius 1 is 0.373 bits per heavy atom. The SMILES string of the molecule is C[C@H](NC(=O)[C@H](CCCN=C(N)N)NC(=O)[C@@H]1CCCN1C(=O)[C@@H](N)[C@@H](C)O)C(=O)N[C@@H](CCCN=C(N)N)C(=O)N[C@@H](CCCN=C(N)N)C(=O)N[C@@H](CCCN=C(N)N)C(=O)N[C@@H](CCCCN)C(=O)N[C@@H](CCCCN)C(=O)N[C@@H](CCCN=C(N)N)C(=O)N[C@@H](CCCCN)C(N)=O. The van der Waals surface area contributed by atoms with Crippen LogP contribution in [0.15, 0.2) is 25.0 Å². The number of carbonyl (C=O) groups is 11. The van der Waals surface area contributed by atoms with Crippen molar-refractivity contribution < 1.29 is 57.8 Å². The molecule has 0 unspecified atom stereocenters. The number of nitrogens with one attached hydrogen (secondary N) is 9. The number of aliphatic hydroxyl groups excluding tert-OH is 1. The Morgan fingerprint density at radius 2 is 0.627 bits per heavy atom. The number of amides is 11. The molecule has 1 rings (SSSR count). The Morgan fingerprint density at radius 3 is 0.902 bits per heavy atom. The lowest BCUT2D eigenvalue weighted by Gasteiger charge is -2.29. The van der Waals surface area contributed by atoms with E-state index in [4.69, 9.17) is 86.0 Å². The quantitative estimate of drug-likeness (QED) is 0.0153. The zero-order chi connectivity index (χ0) is 76.9. The van der Waals surface area contributed by atoms with Crippen molar-refractivity contribution >= 4 is 94.8 Å². The third kappa shape index (κ3) is 37.7. The van der Waals surface area contributed by atoms with E-state index in [0.29, 0.717) is 45.1 Å². The van der Waals surface area contributed by atoms with E-state index in [0.717, 1.165) is 0 Å². The van der Waals surface area contributed by atoms with E-state index in [1.807, 2.05) is 0 Å². The predicted octanol–water partition coefficient (Wildman–Crippen LogP) is -10.8. The number of guanidine groups is 5. The molecule has 580 valence electrons. The van der Waals surface area contributed by atoms with Crippen LogP contribution < -0.4 is 134 Å². The van der Waals surface area contributed by atoms with Crippen LogP contribution in [0.25, 0.3) is 0 Å². The topological polar surface area (TPSA) is 772 Å². The second kappa shape index (κ2) is 50.6. The van der Waals surface area contributed by atoms with Crippen LogP contribution in [0.2, 0.25) is 0 Å². The standard InChI is InChI=1S/C60H118N30O12/c1-33(81-47(94)38(18-9-27-76-56(66)67)89-54(101)43-23-14-32-90(43)55(102)44(64)34(2)91)46(93)83-39(19-10-28-77-57(68)69)51(98)87-42(22-13-31-80-60(74)75)53(100)88-41(21-12-30-79-59(72)73)52(99)85-36(16-4-7-25-62)49(96)84-37(17-5-8-26-63)50(97)86-40(20-11-29-78-58(70)71)48(95)82-35(45(65)92)15-3-6-24-61/h33-44,91H,3-32,61-64H2,1-2H3,(H2,65,92)(H,81,94)(H,82,95)(H,83,93)(H,84,96)(H,85,99)(H,86,97)(H,87,98)(H,88,100)(H,89,101)(H4,66,67,76)(H4,68,69,77)(H4,70,71,78)(H4,72,73,79)(H4,74,75,80)/t33-,34+,35-,36-,37-,38-,39-,40-,41-,42-,43-,44-/m0/s1. The van der Waals surface area contributed by atoms with Crippen molar-refractivity contribution in [3.63, 3.8) is 0 Å². The van der Waals surface area contributed by atoms with Crippen LogP contribution >= 0.6 is 0 Å². The van der Waals surface area contributed by atoms with Crippen LogP contribution in [-0.2, 0) is 52.7 Å². The van der Waals surface area contributed by atoms with Gasteiger partial charge in [0.15, 0.2) is 29.8 Å². The van der Waals surface area contributed by atoms with Crippen LogP contribution in [0.1, 0.15) is 149 Å². The smallest absolute Gasteiger partial charge is 0.243 e. The zero-order valence-electron chi connectivity index (χ0n) is 58.9. The number of rotatable bonds is 53. The minimum absolute atomic E-state index is 0.000262. The van der Waals surface area contributed by atoms with Gasteiger partial charge in [0.2, 0.25) is 65.0 Å². The molecule has 1 fully saturated rings. The molecule has 0 aromatic carbocycles. The Hall–Kier alpha value is -9.68. The van der Waals surface area contributed by atoms with Gasteiger partial charge >= 0.3 is 0 Å². The van der Waals surface area contributed by atoms with E-state index < -0.39 is 138 Å². The van der Waals surface area contributed by atoms with Crippen molar-refractivity contribution in [3.8, 4) is 0 Å². The number of likely N-dealkylation sites (tertiary alicyclic amines) is 1. The third-order valence-corrected chi connectivity index (χ3v) is 16.1. The molecule has 42 nitrogen and oxygen atoms in total.